The Balaban J connectivity index is 0.000000267. The van der Waals surface area contributed by atoms with Gasteiger partial charge in [-0.15, -0.1) is 0 Å². The van der Waals surface area contributed by atoms with E-state index in [1.54, 1.807) is 95.3 Å². The number of ether oxygens (including phenoxy) is 10. The van der Waals surface area contributed by atoms with Crippen molar-refractivity contribution >= 4 is 87.8 Å². The van der Waals surface area contributed by atoms with Crippen LogP contribution in [0, 0.1) is 0 Å². The zero-order valence-electron chi connectivity index (χ0n) is 72.4. The van der Waals surface area contributed by atoms with E-state index in [0.29, 0.717) is 81.1 Å². The van der Waals surface area contributed by atoms with Gasteiger partial charge in [-0.3, -0.25) is 28.4 Å². The van der Waals surface area contributed by atoms with Gasteiger partial charge in [0.1, 0.15) is 80.9 Å². The number of carbonyl (C=O) groups excluding carboxylic acids is 3. The molecule has 7 aromatic carbocycles. The van der Waals surface area contributed by atoms with E-state index in [0.717, 1.165) is 128 Å². The molecule has 0 saturated carbocycles. The van der Waals surface area contributed by atoms with Crippen LogP contribution in [0.2, 0.25) is 0 Å². The molecule has 0 spiro atoms. The number of halogens is 4. The van der Waals surface area contributed by atoms with Crippen molar-refractivity contribution in [3.05, 3.63) is 237 Å². The summed E-state index contributed by atoms with van der Waals surface area (Å²) in [5.41, 5.74) is 15.8. The maximum Gasteiger partial charge on any atom is 0.354 e. The third-order valence-corrected chi connectivity index (χ3v) is 20.2. The Morgan fingerprint density at radius 3 is 1.17 bits per heavy atom. The molecule has 25 nitrogen and oxygen atoms in total. The third-order valence-electron chi connectivity index (χ3n) is 17.7. The number of hydrogen-bond acceptors (Lipinski definition) is 19. The number of nitrogens with one attached hydrogen (secondary N) is 2. The molecule has 0 bridgehead atoms. The first kappa shape index (κ1) is 99.7. The topological polar surface area (TPSA) is 288 Å². The van der Waals surface area contributed by atoms with Crippen molar-refractivity contribution in [3.63, 3.8) is 0 Å². The molecule has 29 heteroatoms. The molecule has 0 radical (unpaired) electrons. The predicted molar refractivity (Wildman–Crippen MR) is 481 cm³/mol. The van der Waals surface area contributed by atoms with Crippen LogP contribution in [0.5, 0.6) is 57.5 Å². The molecule has 10 rings (SSSR count). The standard InChI is InChI=1S/C27H34BrN3O4.C18H24BrN3O2.C18H22BrNO3.C9H9BrO2.C9H14N2O2.C9H13NO2/c1-8-35-23-12-9-18(13-21(23)28)16-31(17-19-10-11-20(33-6)14-24(19)34-7)26(32)22-15-25(27(2,3)4)29-30(22)5;1-6-24-15-8-7-12(9-13(15)19)11-20-17(23)14-10-16(18(2,3)4)21-22(14)5;1-4-23-17-8-5-13(9-16(17)19)11-20-12-14-6-7-15(21-2)10-18(14)22-3;1-2-12-9-4-3-7(6-11)5-8(9)10;1-9(2,3)7-5-6(8(12)13)11(4)10-7;1-11-8-4-3-7(6-10)9(5-8)12-2/h9-15H,8,16-17H2,1-7H3;7-10H,6,11H2,1-5H3,(H,20,23);5-10,20H,4,11-12H2,1-3H3;3-6H,2H2,1H3;5H,1-4H3,(H,12,13);3-5H,6,10H2,1-2H3. The highest BCUT2D eigenvalue weighted by Crippen LogP contribution is 2.34. The number of carboxylic acid groups (broad SMARTS) is 1. The van der Waals surface area contributed by atoms with Crippen LogP contribution in [0.1, 0.15) is 182 Å². The molecule has 0 unspecified atom stereocenters. The van der Waals surface area contributed by atoms with Crippen molar-refractivity contribution < 1.29 is 71.7 Å². The highest BCUT2D eigenvalue weighted by atomic mass is 79.9. The Hall–Kier alpha value is -9.91. The number of aldehydes is 1. The van der Waals surface area contributed by atoms with E-state index in [9.17, 15) is 19.2 Å². The predicted octanol–water partition coefficient (Wildman–Crippen LogP) is 18.9. The van der Waals surface area contributed by atoms with Crippen LogP contribution in [-0.4, -0.2) is 133 Å². The monoisotopic (exact) mass is 1890 g/mol. The summed E-state index contributed by atoms with van der Waals surface area (Å²) >= 11 is 13.9. The van der Waals surface area contributed by atoms with E-state index in [2.05, 4.69) is 143 Å². The van der Waals surface area contributed by atoms with Gasteiger partial charge in [0, 0.05) is 111 Å². The van der Waals surface area contributed by atoms with E-state index in [-0.39, 0.29) is 33.8 Å². The Labute approximate surface area is 734 Å². The second-order valence-corrected chi connectivity index (χ2v) is 33.1. The van der Waals surface area contributed by atoms with Crippen LogP contribution in [0.3, 0.4) is 0 Å². The van der Waals surface area contributed by atoms with Gasteiger partial charge in [0.25, 0.3) is 11.8 Å². The molecule has 119 heavy (non-hydrogen) atoms. The van der Waals surface area contributed by atoms with Crippen LogP contribution in [0.25, 0.3) is 0 Å². The number of amides is 2. The molecule has 644 valence electrons. The largest absolute Gasteiger partial charge is 0.497 e. The Morgan fingerprint density at radius 1 is 0.429 bits per heavy atom. The minimum Gasteiger partial charge on any atom is -0.497 e. The maximum absolute atomic E-state index is 13.9. The van der Waals surface area contributed by atoms with E-state index < -0.39 is 5.97 Å². The van der Waals surface area contributed by atoms with Crippen molar-refractivity contribution in [2.24, 2.45) is 26.9 Å². The van der Waals surface area contributed by atoms with Crippen LogP contribution in [-0.2, 0) is 76.7 Å². The molecular weight excluding hydrogens is 1780 g/mol. The lowest BCUT2D eigenvalue weighted by molar-refractivity contribution is 0.0682. The van der Waals surface area contributed by atoms with E-state index >= 15 is 0 Å². The number of carboxylic acids is 1. The van der Waals surface area contributed by atoms with Crippen molar-refractivity contribution in [2.45, 2.75) is 146 Å². The summed E-state index contributed by atoms with van der Waals surface area (Å²) in [4.78, 5) is 49.1. The summed E-state index contributed by atoms with van der Waals surface area (Å²) in [7, 11) is 15.0. The molecule has 0 aliphatic carbocycles. The van der Waals surface area contributed by atoms with Crippen LogP contribution in [0.4, 0.5) is 0 Å². The van der Waals surface area contributed by atoms with Gasteiger partial charge >= 0.3 is 5.97 Å². The first-order valence-electron chi connectivity index (χ1n) is 38.5. The van der Waals surface area contributed by atoms with Crippen LogP contribution in [0.15, 0.2) is 163 Å². The van der Waals surface area contributed by atoms with Crippen LogP contribution >= 0.6 is 63.7 Å². The van der Waals surface area contributed by atoms with E-state index in [4.69, 9.17) is 58.2 Å². The quantitative estimate of drug-likeness (QED) is 0.0317. The van der Waals surface area contributed by atoms with E-state index in [1.807, 2.05) is 165 Å². The molecule has 10 aromatic rings. The lowest BCUT2D eigenvalue weighted by atomic mass is 9.92. The average Bonchev–Trinajstić information content (AvgIpc) is 1.69. The molecule has 0 saturated heterocycles. The van der Waals surface area contributed by atoms with Crippen molar-refractivity contribution in [2.75, 3.05) is 69.1 Å². The molecule has 3 aromatic heterocycles. The molecule has 0 fully saturated rings. The first-order chi connectivity index (χ1) is 56.4. The number of methoxy groups -OCH3 is 6. The molecule has 0 aliphatic rings. The highest BCUT2D eigenvalue weighted by molar-refractivity contribution is 9.11. The SMILES string of the molecule is CCOc1ccc(C=O)cc1Br.CCOc1ccc(CN(Cc2ccc(OC)cc2OC)C(=O)c2cc(C(C)(C)C)nn2C)cc1Br.CCOc1ccc(CNC(=O)c2cc(C(C)(C)C)nn2C)cc1Br.CCOc1ccc(CNCc2ccc(OC)cc2OC)cc1Br.COc1ccc(CN)c(OC)c1.Cn1nc(C(C)(C)C)cc1C(=O)O. The third kappa shape index (κ3) is 31.0. The number of aryl methyl sites for hydroxylation is 3. The number of aromatic nitrogens is 6. The number of nitrogens with zero attached hydrogens (tertiary/aromatic N) is 7. The van der Waals surface area contributed by atoms with Gasteiger partial charge in [-0.05, 0) is 205 Å². The fourth-order valence-electron chi connectivity index (χ4n) is 11.1. The maximum atomic E-state index is 13.9. The van der Waals surface area contributed by atoms with Gasteiger partial charge in [-0.2, -0.15) is 15.3 Å². The molecule has 2 amide bonds. The number of hydrogen-bond donors (Lipinski definition) is 4. The first-order valence-corrected chi connectivity index (χ1v) is 41.6. The van der Waals surface area contributed by atoms with Gasteiger partial charge in [0.05, 0.1) is 111 Å². The molecule has 3 heterocycles. The number of benzene rings is 7. The fraction of sp³-hybridized carbons (Fsp3) is 0.389. The molecule has 5 N–H and O–H groups in total. The van der Waals surface area contributed by atoms with Crippen LogP contribution < -0.4 is 63.7 Å². The summed E-state index contributed by atoms with van der Waals surface area (Å²) in [5.74, 6) is 6.55. The number of nitrogens with two attached hydrogens (primary N) is 1. The summed E-state index contributed by atoms with van der Waals surface area (Å²) in [5, 5.41) is 28.3. The summed E-state index contributed by atoms with van der Waals surface area (Å²) in [6, 6.07) is 45.4. The molecular formula is C90H116Br4N10O15. The summed E-state index contributed by atoms with van der Waals surface area (Å²) in [6.45, 7) is 31.9. The second-order valence-electron chi connectivity index (χ2n) is 29.7. The number of rotatable bonds is 29. The zero-order valence-corrected chi connectivity index (χ0v) is 78.7. The van der Waals surface area contributed by atoms with Gasteiger partial charge in [-0.1, -0.05) is 92.6 Å². The molecule has 0 aliphatic heterocycles. The number of aromatic carboxylic acids is 1. The van der Waals surface area contributed by atoms with Gasteiger partial charge in [0.2, 0.25) is 0 Å². The second kappa shape index (κ2) is 48.4. The minimum absolute atomic E-state index is 0.0870. The zero-order chi connectivity index (χ0) is 88.5. The van der Waals surface area contributed by atoms with Crippen molar-refractivity contribution in [1.82, 2.24) is 44.9 Å². The summed E-state index contributed by atoms with van der Waals surface area (Å²) < 4.78 is 61.8. The lowest BCUT2D eigenvalue weighted by Crippen LogP contribution is -2.31. The Morgan fingerprint density at radius 2 is 0.790 bits per heavy atom. The summed E-state index contributed by atoms with van der Waals surface area (Å²) in [6.07, 6.45) is 0.806. The van der Waals surface area contributed by atoms with E-state index in [1.165, 1.54) is 10.2 Å². The number of carbonyl (C=O) groups is 4. The fourth-order valence-corrected chi connectivity index (χ4v) is 13.3. The lowest BCUT2D eigenvalue weighted by Gasteiger charge is -2.24. The van der Waals surface area contributed by atoms with Gasteiger partial charge in [-0.25, -0.2) is 4.79 Å². The Bertz CT molecular complexity index is 4930. The van der Waals surface area contributed by atoms with Crippen molar-refractivity contribution in [1.29, 1.82) is 0 Å². The van der Waals surface area contributed by atoms with Gasteiger partial charge in [0.15, 0.2) is 0 Å². The van der Waals surface area contributed by atoms with Gasteiger partial charge < -0.3 is 73.7 Å². The highest BCUT2D eigenvalue weighted by Gasteiger charge is 2.28. The Kier molecular flexibility index (Phi) is 40.5. The minimum atomic E-state index is -0.939. The van der Waals surface area contributed by atoms with Crippen molar-refractivity contribution in [3.8, 4) is 57.5 Å². The smallest absolute Gasteiger partial charge is 0.354 e. The average molecular weight is 1900 g/mol. The molecule has 0 atom stereocenters. The normalized spacial score (nSPS) is 10.8.